The van der Waals surface area contributed by atoms with Gasteiger partial charge in [0.15, 0.2) is 0 Å². The van der Waals surface area contributed by atoms with Crippen molar-refractivity contribution in [3.8, 4) is 11.5 Å². The van der Waals surface area contributed by atoms with E-state index in [1.54, 1.807) is 49.6 Å². The van der Waals surface area contributed by atoms with Crippen molar-refractivity contribution in [3.63, 3.8) is 0 Å². The van der Waals surface area contributed by atoms with Crippen molar-refractivity contribution in [2.75, 3.05) is 62.4 Å². The van der Waals surface area contributed by atoms with E-state index in [-0.39, 0.29) is 18.0 Å². The number of carbonyl (C=O) groups excluding carboxylic acids is 1. The molecule has 1 aliphatic rings. The van der Waals surface area contributed by atoms with E-state index in [4.69, 9.17) is 21.1 Å². The lowest BCUT2D eigenvalue weighted by Crippen LogP contribution is -2.44. The maximum absolute atomic E-state index is 12.7. The number of aromatic nitrogens is 1. The van der Waals surface area contributed by atoms with E-state index < -0.39 is 17.8 Å². The maximum Gasteiger partial charge on any atom is 0.417 e. The molecule has 2 heterocycles. The van der Waals surface area contributed by atoms with E-state index in [1.165, 1.54) is 6.20 Å². The largest absolute Gasteiger partial charge is 0.495 e. The molecule has 1 fully saturated rings. The van der Waals surface area contributed by atoms with E-state index in [1.807, 2.05) is 6.07 Å². The van der Waals surface area contributed by atoms with Crippen LogP contribution in [0.3, 0.4) is 0 Å². The van der Waals surface area contributed by atoms with Gasteiger partial charge < -0.3 is 34.7 Å². The van der Waals surface area contributed by atoms with Crippen molar-refractivity contribution in [2.45, 2.75) is 6.10 Å². The lowest BCUT2D eigenvalue weighted by molar-refractivity contribution is 0.191. The first kappa shape index (κ1) is 26.3. The fourth-order valence-corrected chi connectivity index (χ4v) is 4.24. The molecule has 11 heteroatoms. The fraction of sp³-hybridized carbons (Fsp3) is 0.308. The summed E-state index contributed by atoms with van der Waals surface area (Å²) in [6, 6.07) is 13.7. The van der Waals surface area contributed by atoms with Crippen LogP contribution in [-0.2, 0) is 0 Å². The Morgan fingerprint density at radius 1 is 1.16 bits per heavy atom. The van der Waals surface area contributed by atoms with Gasteiger partial charge in [-0.25, -0.2) is 4.79 Å². The summed E-state index contributed by atoms with van der Waals surface area (Å²) in [5, 5.41) is 16.6. The van der Waals surface area contributed by atoms with Gasteiger partial charge in [-0.15, -0.1) is 0 Å². The van der Waals surface area contributed by atoms with Crippen LogP contribution >= 0.6 is 11.6 Å². The second-order valence-electron chi connectivity index (χ2n) is 8.69. The summed E-state index contributed by atoms with van der Waals surface area (Å²) in [6.45, 7) is 3.56. The molecule has 0 spiro atoms. The van der Waals surface area contributed by atoms with Gasteiger partial charge in [-0.05, 0) is 49.0 Å². The second-order valence-corrected chi connectivity index (χ2v) is 9.13. The number of aromatic amines is 1. The number of piperazine rings is 1. The Morgan fingerprint density at radius 3 is 2.68 bits per heavy atom. The topological polar surface area (TPSA) is 119 Å². The van der Waals surface area contributed by atoms with Gasteiger partial charge in [-0.3, -0.25) is 10.1 Å². The Balaban J connectivity index is 1.45. The van der Waals surface area contributed by atoms with Crippen molar-refractivity contribution in [1.82, 2.24) is 9.88 Å². The Bertz CT molecular complexity index is 1290. The number of ether oxygens (including phenoxy) is 2. The first-order chi connectivity index (χ1) is 17.8. The molecule has 1 atom stereocenters. The molecule has 0 bridgehead atoms. The summed E-state index contributed by atoms with van der Waals surface area (Å²) >= 11 is 6.00. The zero-order valence-corrected chi connectivity index (χ0v) is 21.4. The van der Waals surface area contributed by atoms with E-state index in [9.17, 15) is 14.7 Å². The molecular formula is C26H30ClN5O5. The van der Waals surface area contributed by atoms with E-state index in [0.29, 0.717) is 22.0 Å². The third-order valence-corrected chi connectivity index (χ3v) is 6.33. The van der Waals surface area contributed by atoms with Crippen molar-refractivity contribution in [2.24, 2.45) is 0 Å². The summed E-state index contributed by atoms with van der Waals surface area (Å²) in [4.78, 5) is 32.1. The SMILES string of the molecule is COc1ccc(NC(=O)Oc2c(NC[C@@H](O)c3cccc(Cl)c3)cc[nH]c2=O)cc1N1CCN(C)CC1. The van der Waals surface area contributed by atoms with Crippen molar-refractivity contribution in [3.05, 3.63) is 75.7 Å². The average molecular weight is 528 g/mol. The standard InChI is InChI=1S/C26H30ClN5O5/c1-31-10-12-32(13-11-31)21-15-19(6-7-23(21)36-2)30-26(35)37-24-20(8-9-28-25(24)34)29-16-22(33)17-4-3-5-18(27)14-17/h3-9,14-15,22,33H,10-13,16H2,1-2H3,(H,30,35)(H2,28,29,34)/t22-/m1/s1. The molecule has 196 valence electrons. The highest BCUT2D eigenvalue weighted by atomic mass is 35.5. The number of nitrogens with zero attached hydrogens (tertiary/aromatic N) is 2. The fourth-order valence-electron chi connectivity index (χ4n) is 4.04. The summed E-state index contributed by atoms with van der Waals surface area (Å²) in [7, 11) is 3.69. The number of pyridine rings is 1. The van der Waals surface area contributed by atoms with Gasteiger partial charge in [0.2, 0.25) is 5.75 Å². The molecule has 0 radical (unpaired) electrons. The molecule has 10 nitrogen and oxygen atoms in total. The number of hydrogen-bond donors (Lipinski definition) is 4. The molecule has 1 aromatic heterocycles. The van der Waals surface area contributed by atoms with E-state index >= 15 is 0 Å². The lowest BCUT2D eigenvalue weighted by atomic mass is 10.1. The number of likely N-dealkylation sites (N-methyl/N-ethyl adjacent to an activating group) is 1. The Hall–Kier alpha value is -3.73. The van der Waals surface area contributed by atoms with Gasteiger partial charge >= 0.3 is 6.09 Å². The number of hydrogen-bond acceptors (Lipinski definition) is 8. The molecule has 2 aromatic carbocycles. The number of methoxy groups -OCH3 is 1. The average Bonchev–Trinajstić information content (AvgIpc) is 2.89. The molecule has 1 amide bonds. The highest BCUT2D eigenvalue weighted by Crippen LogP contribution is 2.32. The van der Waals surface area contributed by atoms with Crippen LogP contribution in [0.1, 0.15) is 11.7 Å². The third kappa shape index (κ3) is 6.73. The lowest BCUT2D eigenvalue weighted by Gasteiger charge is -2.34. The number of H-pyrrole nitrogens is 1. The number of amides is 1. The summed E-state index contributed by atoms with van der Waals surface area (Å²) in [5.41, 5.74) is 1.64. The van der Waals surface area contributed by atoms with E-state index in [2.05, 4.69) is 32.5 Å². The first-order valence-corrected chi connectivity index (χ1v) is 12.2. The van der Waals surface area contributed by atoms with Crippen LogP contribution in [0.5, 0.6) is 11.5 Å². The molecular weight excluding hydrogens is 498 g/mol. The molecule has 0 aliphatic carbocycles. The zero-order valence-electron chi connectivity index (χ0n) is 20.7. The summed E-state index contributed by atoms with van der Waals surface area (Å²) in [6.07, 6.45) is -0.302. The number of nitrogens with one attached hydrogen (secondary N) is 3. The van der Waals surface area contributed by atoms with Gasteiger partial charge in [-0.2, -0.15) is 0 Å². The van der Waals surface area contributed by atoms with E-state index in [0.717, 1.165) is 31.9 Å². The number of benzene rings is 2. The number of rotatable bonds is 8. The Morgan fingerprint density at radius 2 is 1.95 bits per heavy atom. The van der Waals surface area contributed by atoms with Crippen LogP contribution in [0.4, 0.5) is 21.9 Å². The van der Waals surface area contributed by atoms with Crippen LogP contribution in [0.2, 0.25) is 5.02 Å². The number of aliphatic hydroxyl groups excluding tert-OH is 1. The predicted octanol–water partition coefficient (Wildman–Crippen LogP) is 3.55. The minimum atomic E-state index is -0.896. The minimum Gasteiger partial charge on any atom is -0.495 e. The minimum absolute atomic E-state index is 0.0641. The van der Waals surface area contributed by atoms with Crippen LogP contribution in [0, 0.1) is 0 Å². The van der Waals surface area contributed by atoms with Gasteiger partial charge in [0.25, 0.3) is 5.56 Å². The molecule has 1 aliphatic heterocycles. The number of anilines is 3. The van der Waals surface area contributed by atoms with Crippen LogP contribution in [0.25, 0.3) is 0 Å². The van der Waals surface area contributed by atoms with Crippen molar-refractivity contribution < 1.29 is 19.4 Å². The van der Waals surface area contributed by atoms with Gasteiger partial charge in [0.05, 0.1) is 24.6 Å². The molecule has 0 saturated carbocycles. The van der Waals surface area contributed by atoms with Crippen molar-refractivity contribution in [1.29, 1.82) is 0 Å². The number of aliphatic hydroxyl groups is 1. The van der Waals surface area contributed by atoms with Gasteiger partial charge in [-0.1, -0.05) is 23.7 Å². The predicted molar refractivity (Wildman–Crippen MR) is 144 cm³/mol. The molecule has 4 N–H and O–H groups in total. The smallest absolute Gasteiger partial charge is 0.417 e. The quantitative estimate of drug-likeness (QED) is 0.351. The normalized spacial score (nSPS) is 14.6. The molecule has 0 unspecified atom stereocenters. The number of carbonyl (C=O) groups is 1. The Kier molecular flexibility index (Phi) is 8.54. The summed E-state index contributed by atoms with van der Waals surface area (Å²) in [5.74, 6) is 0.485. The van der Waals surface area contributed by atoms with Crippen molar-refractivity contribution >= 4 is 34.8 Å². The van der Waals surface area contributed by atoms with Crippen LogP contribution < -0.4 is 30.6 Å². The van der Waals surface area contributed by atoms with Gasteiger partial charge in [0, 0.05) is 49.6 Å². The van der Waals surface area contributed by atoms with Crippen LogP contribution in [0.15, 0.2) is 59.5 Å². The highest BCUT2D eigenvalue weighted by Gasteiger charge is 2.20. The van der Waals surface area contributed by atoms with Gasteiger partial charge in [0.1, 0.15) is 5.75 Å². The Labute approximate surface area is 219 Å². The summed E-state index contributed by atoms with van der Waals surface area (Å²) < 4.78 is 10.9. The molecule has 3 aromatic rings. The third-order valence-electron chi connectivity index (χ3n) is 6.10. The maximum atomic E-state index is 12.7. The molecule has 4 rings (SSSR count). The molecule has 1 saturated heterocycles. The highest BCUT2D eigenvalue weighted by molar-refractivity contribution is 6.30. The monoisotopic (exact) mass is 527 g/mol. The first-order valence-electron chi connectivity index (χ1n) is 11.8. The van der Waals surface area contributed by atoms with Crippen LogP contribution in [-0.4, -0.2) is 68.0 Å². The zero-order chi connectivity index (χ0) is 26.4. The second kappa shape index (κ2) is 12.0. The molecule has 37 heavy (non-hydrogen) atoms. The number of halogens is 1.